The average molecular weight is 347 g/mol. The molecule has 0 aliphatic carbocycles. The van der Waals surface area contributed by atoms with Crippen molar-refractivity contribution in [3.63, 3.8) is 0 Å². The number of hydrogen-bond acceptors (Lipinski definition) is 5. The monoisotopic (exact) mass is 346 g/mol. The number of hydrogen-bond donors (Lipinski definition) is 0. The quantitative estimate of drug-likeness (QED) is 0.796. The van der Waals surface area contributed by atoms with Gasteiger partial charge < -0.3 is 14.5 Å². The predicted molar refractivity (Wildman–Crippen MR) is 92.7 cm³/mol. The third-order valence-corrected chi connectivity index (χ3v) is 4.03. The van der Waals surface area contributed by atoms with Gasteiger partial charge in [0.25, 0.3) is 0 Å². The van der Waals surface area contributed by atoms with E-state index in [1.807, 2.05) is 36.4 Å². The lowest BCUT2D eigenvalue weighted by atomic mass is 10.3. The van der Waals surface area contributed by atoms with E-state index in [4.69, 9.17) is 16.3 Å². The van der Waals surface area contributed by atoms with Crippen molar-refractivity contribution in [2.75, 3.05) is 31.1 Å². The van der Waals surface area contributed by atoms with Crippen LogP contribution in [0.3, 0.4) is 0 Å². The molecule has 24 heavy (non-hydrogen) atoms. The third-order valence-electron chi connectivity index (χ3n) is 3.85. The van der Waals surface area contributed by atoms with E-state index < -0.39 is 5.38 Å². The van der Waals surface area contributed by atoms with Gasteiger partial charge in [0.15, 0.2) is 5.82 Å². The second-order valence-electron chi connectivity index (χ2n) is 5.57. The second kappa shape index (κ2) is 7.49. The minimum absolute atomic E-state index is 0.0194. The predicted octanol–water partition coefficient (Wildman–Crippen LogP) is 2.54. The topological polar surface area (TPSA) is 58.6 Å². The molecule has 3 rings (SSSR count). The number of ether oxygens (including phenoxy) is 1. The molecule has 0 radical (unpaired) electrons. The van der Waals surface area contributed by atoms with E-state index in [1.54, 1.807) is 17.9 Å². The molecule has 0 bridgehead atoms. The molecule has 1 aromatic heterocycles. The highest BCUT2D eigenvalue weighted by Crippen LogP contribution is 2.20. The molecular formula is C17H19ClN4O2. The minimum Gasteiger partial charge on any atom is -0.438 e. The zero-order valence-corrected chi connectivity index (χ0v) is 14.2. The molecule has 0 N–H and O–H groups in total. The lowest BCUT2D eigenvalue weighted by Crippen LogP contribution is -2.50. The molecule has 126 valence electrons. The summed E-state index contributed by atoms with van der Waals surface area (Å²) < 4.78 is 5.64. The second-order valence-corrected chi connectivity index (χ2v) is 6.23. The maximum Gasteiger partial charge on any atom is 0.240 e. The molecule has 6 nitrogen and oxygen atoms in total. The van der Waals surface area contributed by atoms with Crippen LogP contribution in [-0.4, -0.2) is 52.6 Å². The Morgan fingerprint density at radius 1 is 1.08 bits per heavy atom. The van der Waals surface area contributed by atoms with Gasteiger partial charge in [-0.2, -0.15) is 0 Å². The number of halogens is 1. The van der Waals surface area contributed by atoms with E-state index >= 15 is 0 Å². The van der Waals surface area contributed by atoms with Gasteiger partial charge in [-0.1, -0.05) is 18.2 Å². The van der Waals surface area contributed by atoms with Crippen molar-refractivity contribution >= 4 is 23.3 Å². The van der Waals surface area contributed by atoms with Crippen LogP contribution in [-0.2, 0) is 4.79 Å². The van der Waals surface area contributed by atoms with Crippen LogP contribution in [0.25, 0.3) is 0 Å². The van der Waals surface area contributed by atoms with Crippen LogP contribution in [0.5, 0.6) is 11.6 Å². The summed E-state index contributed by atoms with van der Waals surface area (Å²) in [6.07, 6.45) is 0. The van der Waals surface area contributed by atoms with E-state index in [-0.39, 0.29) is 5.91 Å². The Hall–Kier alpha value is -2.34. The highest BCUT2D eigenvalue weighted by molar-refractivity contribution is 6.30. The van der Waals surface area contributed by atoms with Gasteiger partial charge in [-0.25, -0.2) is 0 Å². The van der Waals surface area contributed by atoms with Crippen molar-refractivity contribution < 1.29 is 9.53 Å². The van der Waals surface area contributed by atoms with E-state index in [9.17, 15) is 4.79 Å². The van der Waals surface area contributed by atoms with Crippen molar-refractivity contribution in [3.8, 4) is 11.6 Å². The summed E-state index contributed by atoms with van der Waals surface area (Å²) in [5.74, 6) is 1.94. The van der Waals surface area contributed by atoms with Crippen LogP contribution in [0.1, 0.15) is 6.92 Å². The van der Waals surface area contributed by atoms with Crippen LogP contribution in [0.15, 0.2) is 42.5 Å². The largest absolute Gasteiger partial charge is 0.438 e. The molecule has 1 atom stereocenters. The molecule has 0 spiro atoms. The van der Waals surface area contributed by atoms with Gasteiger partial charge >= 0.3 is 0 Å². The number of amides is 1. The summed E-state index contributed by atoms with van der Waals surface area (Å²) >= 11 is 5.86. The van der Waals surface area contributed by atoms with Crippen molar-refractivity contribution in [1.82, 2.24) is 15.1 Å². The summed E-state index contributed by atoms with van der Waals surface area (Å²) in [5, 5.41) is 7.86. The van der Waals surface area contributed by atoms with E-state index in [0.717, 1.165) is 11.6 Å². The minimum atomic E-state index is -0.481. The molecule has 2 aromatic rings. The first-order chi connectivity index (χ1) is 11.6. The number of piperazine rings is 1. The Kier molecular flexibility index (Phi) is 5.15. The number of anilines is 1. The summed E-state index contributed by atoms with van der Waals surface area (Å²) in [6, 6.07) is 13.1. The van der Waals surface area contributed by atoms with Crippen molar-refractivity contribution in [2.45, 2.75) is 12.3 Å². The van der Waals surface area contributed by atoms with Crippen LogP contribution in [0.2, 0.25) is 0 Å². The number of carbonyl (C=O) groups excluding carboxylic acids is 1. The van der Waals surface area contributed by atoms with Crippen molar-refractivity contribution in [1.29, 1.82) is 0 Å². The van der Waals surface area contributed by atoms with Crippen LogP contribution < -0.4 is 9.64 Å². The summed E-state index contributed by atoms with van der Waals surface area (Å²) in [4.78, 5) is 15.8. The number of alkyl halides is 1. The van der Waals surface area contributed by atoms with Crippen LogP contribution in [0, 0.1) is 0 Å². The highest BCUT2D eigenvalue weighted by atomic mass is 35.5. The maximum atomic E-state index is 11.9. The molecule has 2 heterocycles. The average Bonchev–Trinajstić information content (AvgIpc) is 2.63. The summed E-state index contributed by atoms with van der Waals surface area (Å²) in [7, 11) is 0. The van der Waals surface area contributed by atoms with Gasteiger partial charge in [-0.3, -0.25) is 4.79 Å². The Morgan fingerprint density at radius 2 is 1.79 bits per heavy atom. The lowest BCUT2D eigenvalue weighted by Gasteiger charge is -2.35. The molecule has 1 fully saturated rings. The summed E-state index contributed by atoms with van der Waals surface area (Å²) in [5.41, 5.74) is 0. The standard InChI is InChI=1S/C17H19ClN4O2/c1-13(18)17(23)22-11-9-21(10-12-22)15-7-8-16(20-19-15)24-14-5-3-2-4-6-14/h2-8,13H,9-12H2,1H3. The zero-order chi connectivity index (χ0) is 16.9. The lowest BCUT2D eigenvalue weighted by molar-refractivity contribution is -0.130. The van der Waals surface area contributed by atoms with Gasteiger partial charge in [0.05, 0.1) is 0 Å². The van der Waals surface area contributed by atoms with E-state index in [0.29, 0.717) is 32.1 Å². The highest BCUT2D eigenvalue weighted by Gasteiger charge is 2.24. The number of aromatic nitrogens is 2. The maximum absolute atomic E-state index is 11.9. The molecule has 0 saturated carbocycles. The van der Waals surface area contributed by atoms with Crippen molar-refractivity contribution in [3.05, 3.63) is 42.5 Å². The summed E-state index contributed by atoms with van der Waals surface area (Å²) in [6.45, 7) is 4.40. The van der Waals surface area contributed by atoms with Gasteiger partial charge in [0.1, 0.15) is 11.1 Å². The smallest absolute Gasteiger partial charge is 0.240 e. The fourth-order valence-corrected chi connectivity index (χ4v) is 2.69. The third kappa shape index (κ3) is 3.94. The Morgan fingerprint density at radius 3 is 2.38 bits per heavy atom. The fourth-order valence-electron chi connectivity index (χ4n) is 2.55. The molecule has 1 aromatic carbocycles. The molecular weight excluding hydrogens is 328 g/mol. The molecule has 1 saturated heterocycles. The first-order valence-electron chi connectivity index (χ1n) is 7.88. The van der Waals surface area contributed by atoms with Crippen LogP contribution in [0.4, 0.5) is 5.82 Å². The Labute approximate surface area is 146 Å². The SMILES string of the molecule is CC(Cl)C(=O)N1CCN(c2ccc(Oc3ccccc3)nn2)CC1. The first kappa shape index (κ1) is 16.5. The molecule has 1 amide bonds. The van der Waals surface area contributed by atoms with Gasteiger partial charge in [0, 0.05) is 32.2 Å². The van der Waals surface area contributed by atoms with Gasteiger partial charge in [0.2, 0.25) is 11.8 Å². The number of carbonyl (C=O) groups is 1. The van der Waals surface area contributed by atoms with Crippen molar-refractivity contribution in [2.24, 2.45) is 0 Å². The Bertz CT molecular complexity index is 671. The normalized spacial score (nSPS) is 15.9. The Balaban J connectivity index is 1.58. The van der Waals surface area contributed by atoms with E-state index in [1.165, 1.54) is 0 Å². The molecule has 1 unspecified atom stereocenters. The molecule has 1 aliphatic rings. The number of para-hydroxylation sites is 1. The fraction of sp³-hybridized carbons (Fsp3) is 0.353. The zero-order valence-electron chi connectivity index (χ0n) is 13.4. The first-order valence-corrected chi connectivity index (χ1v) is 8.31. The van der Waals surface area contributed by atoms with Gasteiger partial charge in [-0.15, -0.1) is 21.8 Å². The molecule has 1 aliphatic heterocycles. The molecule has 7 heteroatoms. The van der Waals surface area contributed by atoms with E-state index in [2.05, 4.69) is 15.1 Å². The van der Waals surface area contributed by atoms with Gasteiger partial charge in [-0.05, 0) is 25.1 Å². The van der Waals surface area contributed by atoms with Crippen LogP contribution >= 0.6 is 11.6 Å². The number of rotatable bonds is 4. The number of benzene rings is 1. The number of nitrogens with zero attached hydrogens (tertiary/aromatic N) is 4.